The van der Waals surface area contributed by atoms with E-state index >= 15 is 0 Å². The zero-order valence-corrected chi connectivity index (χ0v) is 17.7. The number of carbonyl (C=O) groups is 1. The summed E-state index contributed by atoms with van der Waals surface area (Å²) >= 11 is 0. The number of benzene rings is 1. The summed E-state index contributed by atoms with van der Waals surface area (Å²) in [6.07, 6.45) is 4.00. The van der Waals surface area contributed by atoms with Crippen LogP contribution in [-0.2, 0) is 14.8 Å². The number of sulfonamides is 1. The van der Waals surface area contributed by atoms with Gasteiger partial charge in [-0.1, -0.05) is 13.0 Å². The predicted octanol–water partition coefficient (Wildman–Crippen LogP) is 2.93. The van der Waals surface area contributed by atoms with Crippen LogP contribution in [0.3, 0.4) is 0 Å². The second-order valence-corrected chi connectivity index (χ2v) is 9.09. The van der Waals surface area contributed by atoms with E-state index in [1.807, 2.05) is 18.2 Å². The maximum Gasteiger partial charge on any atom is 0.240 e. The van der Waals surface area contributed by atoms with Crippen LogP contribution in [0.4, 0.5) is 11.5 Å². The zero-order valence-electron chi connectivity index (χ0n) is 16.9. The van der Waals surface area contributed by atoms with E-state index in [1.165, 1.54) is 0 Å². The van der Waals surface area contributed by atoms with E-state index in [2.05, 4.69) is 19.9 Å². The average molecular weight is 417 g/mol. The van der Waals surface area contributed by atoms with Crippen LogP contribution in [-0.4, -0.2) is 38.9 Å². The molecule has 1 fully saturated rings. The first-order valence-electron chi connectivity index (χ1n) is 9.95. The van der Waals surface area contributed by atoms with Crippen molar-refractivity contribution in [2.45, 2.75) is 38.0 Å². The molecule has 29 heavy (non-hydrogen) atoms. The van der Waals surface area contributed by atoms with Gasteiger partial charge < -0.3 is 10.2 Å². The number of hydrogen-bond donors (Lipinski definition) is 2. The van der Waals surface area contributed by atoms with Gasteiger partial charge >= 0.3 is 0 Å². The minimum absolute atomic E-state index is 0.102. The number of rotatable bonds is 7. The number of nitrogens with zero attached hydrogens (tertiary/aromatic N) is 2. The number of carbonyl (C=O) groups excluding carboxylic acids is 1. The van der Waals surface area contributed by atoms with Crippen molar-refractivity contribution < 1.29 is 13.2 Å². The molecule has 3 rings (SSSR count). The Bertz CT molecular complexity index is 940. The molecule has 0 unspecified atom stereocenters. The Morgan fingerprint density at radius 1 is 1.21 bits per heavy atom. The fraction of sp³-hybridized carbons (Fsp3) is 0.429. The molecule has 8 heteroatoms. The molecule has 1 amide bonds. The number of aryl methyl sites for hydroxylation is 1. The van der Waals surface area contributed by atoms with Crippen LogP contribution < -0.4 is 14.9 Å². The van der Waals surface area contributed by atoms with Crippen molar-refractivity contribution in [1.29, 1.82) is 0 Å². The van der Waals surface area contributed by atoms with E-state index in [1.54, 1.807) is 38.2 Å². The number of pyridine rings is 1. The van der Waals surface area contributed by atoms with Gasteiger partial charge in [-0.3, -0.25) is 4.79 Å². The Kier molecular flexibility index (Phi) is 6.87. The Hall–Kier alpha value is -2.45. The molecule has 0 radical (unpaired) electrons. The van der Waals surface area contributed by atoms with Crippen molar-refractivity contribution in [3.05, 3.63) is 48.2 Å². The summed E-state index contributed by atoms with van der Waals surface area (Å²) in [5, 5.41) is 2.75. The quantitative estimate of drug-likeness (QED) is 0.724. The van der Waals surface area contributed by atoms with Gasteiger partial charge in [0.15, 0.2) is 0 Å². The highest BCUT2D eigenvalue weighted by Gasteiger charge is 2.23. The molecule has 1 saturated heterocycles. The van der Waals surface area contributed by atoms with Crippen LogP contribution in [0.5, 0.6) is 0 Å². The van der Waals surface area contributed by atoms with E-state index in [9.17, 15) is 13.2 Å². The summed E-state index contributed by atoms with van der Waals surface area (Å²) < 4.78 is 28.3. The first-order chi connectivity index (χ1) is 13.9. The normalized spacial score (nSPS) is 15.3. The van der Waals surface area contributed by atoms with Crippen LogP contribution in [0, 0.1) is 12.8 Å². The topological polar surface area (TPSA) is 91.4 Å². The molecule has 0 bridgehead atoms. The SMILES string of the molecule is CCC(=O)Nc1ccc(S(=O)(=O)NCC2CCN(c3ccccn3)CC2)c(C)c1. The number of hydrogen-bond acceptors (Lipinski definition) is 5. The molecule has 156 valence electrons. The van der Waals surface area contributed by atoms with Crippen molar-refractivity contribution in [2.75, 3.05) is 29.9 Å². The van der Waals surface area contributed by atoms with Gasteiger partial charge in [0.25, 0.3) is 0 Å². The van der Waals surface area contributed by atoms with E-state index in [0.29, 0.717) is 30.1 Å². The predicted molar refractivity (Wildman–Crippen MR) is 114 cm³/mol. The Balaban J connectivity index is 1.56. The molecule has 1 aromatic heterocycles. The third-order valence-electron chi connectivity index (χ3n) is 5.22. The maximum absolute atomic E-state index is 12.8. The highest BCUT2D eigenvalue weighted by atomic mass is 32.2. The standard InChI is InChI=1S/C21H28N4O3S/c1-3-21(26)24-18-7-8-19(16(2)14-18)29(27,28)23-15-17-9-12-25(13-10-17)20-6-4-5-11-22-20/h4-8,11,14,17,23H,3,9-10,12-13,15H2,1-2H3,(H,24,26). The fourth-order valence-electron chi connectivity index (χ4n) is 3.49. The molecular weight excluding hydrogens is 388 g/mol. The summed E-state index contributed by atoms with van der Waals surface area (Å²) in [5.74, 6) is 1.17. The second kappa shape index (κ2) is 9.37. The first-order valence-corrected chi connectivity index (χ1v) is 11.4. The fourth-order valence-corrected chi connectivity index (χ4v) is 4.83. The van der Waals surface area contributed by atoms with Crippen molar-refractivity contribution in [2.24, 2.45) is 5.92 Å². The van der Waals surface area contributed by atoms with Gasteiger partial charge in [-0.15, -0.1) is 0 Å². The third-order valence-corrected chi connectivity index (χ3v) is 6.80. The minimum atomic E-state index is -3.60. The third kappa shape index (κ3) is 5.55. The summed E-state index contributed by atoms with van der Waals surface area (Å²) in [6, 6.07) is 10.7. The molecule has 7 nitrogen and oxygen atoms in total. The highest BCUT2D eigenvalue weighted by molar-refractivity contribution is 7.89. The molecular formula is C21H28N4O3S. The Morgan fingerprint density at radius 2 is 1.97 bits per heavy atom. The number of aromatic nitrogens is 1. The molecule has 2 aromatic rings. The van der Waals surface area contributed by atoms with Crippen molar-refractivity contribution >= 4 is 27.4 Å². The summed E-state index contributed by atoms with van der Waals surface area (Å²) in [6.45, 7) is 5.67. The molecule has 0 saturated carbocycles. The lowest BCUT2D eigenvalue weighted by Crippen LogP contribution is -2.39. The molecule has 1 aromatic carbocycles. The van der Waals surface area contributed by atoms with Crippen LogP contribution >= 0.6 is 0 Å². The largest absolute Gasteiger partial charge is 0.357 e. The van der Waals surface area contributed by atoms with Gasteiger partial charge in [-0.05, 0) is 61.6 Å². The van der Waals surface area contributed by atoms with Crippen LogP contribution in [0.15, 0.2) is 47.5 Å². The summed E-state index contributed by atoms with van der Waals surface area (Å²) in [4.78, 5) is 18.4. The molecule has 0 spiro atoms. The molecule has 0 aliphatic carbocycles. The number of amides is 1. The lowest BCUT2D eigenvalue weighted by Gasteiger charge is -2.32. The monoisotopic (exact) mass is 416 g/mol. The smallest absolute Gasteiger partial charge is 0.240 e. The highest BCUT2D eigenvalue weighted by Crippen LogP contribution is 2.23. The lowest BCUT2D eigenvalue weighted by atomic mass is 9.97. The molecule has 0 atom stereocenters. The number of anilines is 2. The van der Waals surface area contributed by atoms with Gasteiger partial charge in [0, 0.05) is 37.9 Å². The summed E-state index contributed by atoms with van der Waals surface area (Å²) in [5.41, 5.74) is 1.21. The van der Waals surface area contributed by atoms with Gasteiger partial charge in [-0.2, -0.15) is 0 Å². The first kappa shape index (κ1) is 21.3. The molecule has 1 aliphatic heterocycles. The lowest BCUT2D eigenvalue weighted by molar-refractivity contribution is -0.115. The molecule has 2 N–H and O–H groups in total. The van der Waals surface area contributed by atoms with Gasteiger partial charge in [-0.25, -0.2) is 18.1 Å². The zero-order chi connectivity index (χ0) is 20.9. The van der Waals surface area contributed by atoms with Gasteiger partial charge in [0.2, 0.25) is 15.9 Å². The Morgan fingerprint density at radius 3 is 2.59 bits per heavy atom. The van der Waals surface area contributed by atoms with Crippen molar-refractivity contribution in [1.82, 2.24) is 9.71 Å². The number of nitrogens with one attached hydrogen (secondary N) is 2. The van der Waals surface area contributed by atoms with Crippen LogP contribution in [0.2, 0.25) is 0 Å². The molecule has 1 aliphatic rings. The second-order valence-electron chi connectivity index (χ2n) is 7.35. The van der Waals surface area contributed by atoms with E-state index in [-0.39, 0.29) is 10.8 Å². The maximum atomic E-state index is 12.8. The average Bonchev–Trinajstić information content (AvgIpc) is 2.73. The van der Waals surface area contributed by atoms with Gasteiger partial charge in [0.05, 0.1) is 4.90 Å². The van der Waals surface area contributed by atoms with Crippen LogP contribution in [0.1, 0.15) is 31.7 Å². The Labute approximate surface area is 172 Å². The van der Waals surface area contributed by atoms with E-state index in [0.717, 1.165) is 31.7 Å². The van der Waals surface area contributed by atoms with Crippen LogP contribution in [0.25, 0.3) is 0 Å². The van der Waals surface area contributed by atoms with E-state index in [4.69, 9.17) is 0 Å². The van der Waals surface area contributed by atoms with Crippen molar-refractivity contribution in [3.8, 4) is 0 Å². The number of piperidine rings is 1. The van der Waals surface area contributed by atoms with Gasteiger partial charge in [0.1, 0.15) is 5.82 Å². The summed E-state index contributed by atoms with van der Waals surface area (Å²) in [7, 11) is -3.60. The van der Waals surface area contributed by atoms with Crippen molar-refractivity contribution in [3.63, 3.8) is 0 Å². The van der Waals surface area contributed by atoms with E-state index < -0.39 is 10.0 Å². The minimum Gasteiger partial charge on any atom is -0.357 e. The molecule has 2 heterocycles.